The monoisotopic (exact) mass is 247 g/mol. The van der Waals surface area contributed by atoms with Crippen LogP contribution in [0.1, 0.15) is 10.5 Å². The third-order valence-corrected chi connectivity index (χ3v) is 2.17. The quantitative estimate of drug-likeness (QED) is 0.842. The van der Waals surface area contributed by atoms with Gasteiger partial charge >= 0.3 is 5.97 Å². The Morgan fingerprint density at radius 2 is 2.11 bits per heavy atom. The summed E-state index contributed by atoms with van der Waals surface area (Å²) in [6.45, 7) is 0. The minimum absolute atomic E-state index is 0.103. The fraction of sp³-hybridized carbons (Fsp3) is 0.0833. The van der Waals surface area contributed by atoms with E-state index >= 15 is 0 Å². The molecule has 0 spiro atoms. The molecule has 1 aromatic heterocycles. The van der Waals surface area contributed by atoms with E-state index in [9.17, 15) is 9.18 Å². The summed E-state index contributed by atoms with van der Waals surface area (Å²) in [6.07, 6.45) is 1.39. The van der Waals surface area contributed by atoms with E-state index < -0.39 is 11.8 Å². The average Bonchev–Trinajstić information content (AvgIpc) is 2.41. The number of rotatable bonds is 3. The number of hydrogen-bond acceptors (Lipinski definition) is 5. The second-order valence-electron chi connectivity index (χ2n) is 3.36. The minimum Gasteiger partial charge on any atom is -0.464 e. The molecule has 2 aromatic rings. The third-order valence-electron chi connectivity index (χ3n) is 2.17. The summed E-state index contributed by atoms with van der Waals surface area (Å²) in [5.74, 6) is -0.874. The number of benzene rings is 1. The Hall–Kier alpha value is -2.50. The predicted molar refractivity (Wildman–Crippen MR) is 63.1 cm³/mol. The van der Waals surface area contributed by atoms with E-state index in [-0.39, 0.29) is 17.3 Å². The van der Waals surface area contributed by atoms with Gasteiger partial charge in [0.15, 0.2) is 5.69 Å². The molecular weight excluding hydrogens is 237 g/mol. The molecule has 0 aliphatic heterocycles. The highest BCUT2D eigenvalue weighted by Gasteiger charge is 2.09. The van der Waals surface area contributed by atoms with E-state index in [4.69, 9.17) is 0 Å². The van der Waals surface area contributed by atoms with Crippen molar-refractivity contribution >= 4 is 17.6 Å². The molecule has 0 aliphatic rings. The van der Waals surface area contributed by atoms with Crippen molar-refractivity contribution in [1.82, 2.24) is 9.97 Å². The number of nitrogens with zero attached hydrogens (tertiary/aromatic N) is 2. The van der Waals surface area contributed by atoms with E-state index in [1.165, 1.54) is 25.4 Å². The molecule has 0 unspecified atom stereocenters. The number of halogens is 1. The summed E-state index contributed by atoms with van der Waals surface area (Å²) in [7, 11) is 1.26. The third kappa shape index (κ3) is 2.60. The molecule has 6 heteroatoms. The number of aromatic nitrogens is 2. The first-order valence-corrected chi connectivity index (χ1v) is 5.13. The zero-order valence-electron chi connectivity index (χ0n) is 9.55. The maximum Gasteiger partial charge on any atom is 0.356 e. The lowest BCUT2D eigenvalue weighted by molar-refractivity contribution is 0.0594. The maximum atomic E-state index is 13.4. The first kappa shape index (κ1) is 12.0. The highest BCUT2D eigenvalue weighted by atomic mass is 19.1. The Morgan fingerprint density at radius 3 is 2.83 bits per heavy atom. The smallest absolute Gasteiger partial charge is 0.356 e. The molecule has 1 N–H and O–H groups in total. The molecule has 0 amide bonds. The van der Waals surface area contributed by atoms with Gasteiger partial charge in [-0.25, -0.2) is 19.2 Å². The van der Waals surface area contributed by atoms with Crippen LogP contribution < -0.4 is 5.32 Å². The highest BCUT2D eigenvalue weighted by molar-refractivity contribution is 5.87. The molecule has 0 fully saturated rings. The van der Waals surface area contributed by atoms with Gasteiger partial charge < -0.3 is 10.1 Å². The molecule has 2 rings (SSSR count). The van der Waals surface area contributed by atoms with Gasteiger partial charge in [-0.05, 0) is 18.2 Å². The molecule has 0 saturated carbocycles. The molecule has 0 radical (unpaired) electrons. The van der Waals surface area contributed by atoms with Crippen LogP contribution in [0.5, 0.6) is 0 Å². The van der Waals surface area contributed by atoms with Crippen molar-refractivity contribution in [2.45, 2.75) is 0 Å². The van der Waals surface area contributed by atoms with Gasteiger partial charge in [-0.1, -0.05) is 12.1 Å². The molecule has 0 bridgehead atoms. The standard InChI is InChI=1S/C12H10FN3O2/c1-18-11(17)10-6-7-14-12(16-10)15-9-5-3-2-4-8(9)13/h2-7H,1H3,(H,14,15,16). The van der Waals surface area contributed by atoms with E-state index in [0.717, 1.165) is 0 Å². The molecule has 0 aliphatic carbocycles. The number of esters is 1. The van der Waals surface area contributed by atoms with Crippen LogP contribution in [0.2, 0.25) is 0 Å². The highest BCUT2D eigenvalue weighted by Crippen LogP contribution is 2.16. The zero-order chi connectivity index (χ0) is 13.0. The number of carbonyl (C=O) groups is 1. The first-order chi connectivity index (χ1) is 8.70. The van der Waals surface area contributed by atoms with Crippen LogP contribution in [0.15, 0.2) is 36.5 Å². The number of ether oxygens (including phenoxy) is 1. The number of carbonyl (C=O) groups excluding carboxylic acids is 1. The van der Waals surface area contributed by atoms with Crippen LogP contribution in [0.3, 0.4) is 0 Å². The van der Waals surface area contributed by atoms with Crippen LogP contribution in [0.25, 0.3) is 0 Å². The Morgan fingerprint density at radius 1 is 1.33 bits per heavy atom. The number of anilines is 2. The lowest BCUT2D eigenvalue weighted by Crippen LogP contribution is -2.07. The number of hydrogen-bond donors (Lipinski definition) is 1. The normalized spacial score (nSPS) is 9.89. The van der Waals surface area contributed by atoms with Crippen molar-refractivity contribution < 1.29 is 13.9 Å². The molecule has 18 heavy (non-hydrogen) atoms. The fourth-order valence-electron chi connectivity index (χ4n) is 1.32. The van der Waals surface area contributed by atoms with E-state index in [1.807, 2.05) is 0 Å². The van der Waals surface area contributed by atoms with Gasteiger partial charge in [0.2, 0.25) is 5.95 Å². The Balaban J connectivity index is 2.25. The average molecular weight is 247 g/mol. The second-order valence-corrected chi connectivity index (χ2v) is 3.36. The lowest BCUT2D eigenvalue weighted by Gasteiger charge is -2.06. The number of para-hydroxylation sites is 1. The van der Waals surface area contributed by atoms with E-state index in [2.05, 4.69) is 20.0 Å². The van der Waals surface area contributed by atoms with Crippen molar-refractivity contribution in [2.75, 3.05) is 12.4 Å². The SMILES string of the molecule is COC(=O)c1ccnc(Nc2ccccc2F)n1. The van der Waals surface area contributed by atoms with Gasteiger partial charge in [-0.15, -0.1) is 0 Å². The summed E-state index contributed by atoms with van der Waals surface area (Å²) in [5.41, 5.74) is 0.339. The van der Waals surface area contributed by atoms with Gasteiger partial charge in [0.1, 0.15) is 5.82 Å². The van der Waals surface area contributed by atoms with Crippen molar-refractivity contribution in [2.24, 2.45) is 0 Å². The molecule has 5 nitrogen and oxygen atoms in total. The van der Waals surface area contributed by atoms with Crippen molar-refractivity contribution in [1.29, 1.82) is 0 Å². The van der Waals surface area contributed by atoms with Crippen LogP contribution in [-0.4, -0.2) is 23.0 Å². The maximum absolute atomic E-state index is 13.4. The van der Waals surface area contributed by atoms with Crippen molar-refractivity contribution in [3.8, 4) is 0 Å². The van der Waals surface area contributed by atoms with Gasteiger partial charge in [-0.3, -0.25) is 0 Å². The molecule has 1 aromatic carbocycles. The van der Waals surface area contributed by atoms with Crippen LogP contribution in [0.4, 0.5) is 16.0 Å². The van der Waals surface area contributed by atoms with Gasteiger partial charge in [0.25, 0.3) is 0 Å². The Labute approximate surface area is 103 Å². The van der Waals surface area contributed by atoms with Gasteiger partial charge in [0, 0.05) is 6.20 Å². The predicted octanol–water partition coefficient (Wildman–Crippen LogP) is 2.15. The first-order valence-electron chi connectivity index (χ1n) is 5.13. The van der Waals surface area contributed by atoms with Gasteiger partial charge in [-0.2, -0.15) is 0 Å². The summed E-state index contributed by atoms with van der Waals surface area (Å²) in [6, 6.07) is 7.52. The Bertz CT molecular complexity index is 575. The number of methoxy groups -OCH3 is 1. The summed E-state index contributed by atoms with van der Waals surface area (Å²) in [4.78, 5) is 19.1. The summed E-state index contributed by atoms with van der Waals surface area (Å²) in [5, 5.41) is 2.69. The summed E-state index contributed by atoms with van der Waals surface area (Å²) < 4.78 is 17.9. The van der Waals surface area contributed by atoms with E-state index in [1.54, 1.807) is 18.2 Å². The largest absolute Gasteiger partial charge is 0.464 e. The fourth-order valence-corrected chi connectivity index (χ4v) is 1.32. The topological polar surface area (TPSA) is 64.1 Å². The van der Waals surface area contributed by atoms with Crippen LogP contribution >= 0.6 is 0 Å². The van der Waals surface area contributed by atoms with Crippen molar-refractivity contribution in [3.63, 3.8) is 0 Å². The molecule has 92 valence electrons. The van der Waals surface area contributed by atoms with Crippen LogP contribution in [-0.2, 0) is 4.74 Å². The second kappa shape index (κ2) is 5.22. The molecule has 0 saturated heterocycles. The van der Waals surface area contributed by atoms with Crippen LogP contribution in [0, 0.1) is 5.82 Å². The summed E-state index contributed by atoms with van der Waals surface area (Å²) >= 11 is 0. The minimum atomic E-state index is -0.575. The molecule has 1 heterocycles. The number of nitrogens with one attached hydrogen (secondary N) is 1. The molecule has 0 atom stereocenters. The lowest BCUT2D eigenvalue weighted by atomic mass is 10.3. The van der Waals surface area contributed by atoms with E-state index in [0.29, 0.717) is 0 Å². The Kier molecular flexibility index (Phi) is 3.47. The van der Waals surface area contributed by atoms with Crippen molar-refractivity contribution in [3.05, 3.63) is 48.0 Å². The molecular formula is C12H10FN3O2. The zero-order valence-corrected chi connectivity index (χ0v) is 9.55. The van der Waals surface area contributed by atoms with Gasteiger partial charge in [0.05, 0.1) is 12.8 Å².